The van der Waals surface area contributed by atoms with Crippen LogP contribution < -0.4 is 16.0 Å². The molecule has 0 radical (unpaired) electrons. The molecule has 1 atom stereocenters. The van der Waals surface area contributed by atoms with Crippen LogP contribution in [0, 0.1) is 6.92 Å². The first kappa shape index (κ1) is 17.3. The van der Waals surface area contributed by atoms with Crippen LogP contribution in [0.4, 0.5) is 4.79 Å². The number of hydrogen-bond acceptors (Lipinski definition) is 3. The van der Waals surface area contributed by atoms with E-state index in [9.17, 15) is 9.59 Å². The molecule has 25 heavy (non-hydrogen) atoms. The van der Waals surface area contributed by atoms with Crippen molar-refractivity contribution in [2.75, 3.05) is 13.1 Å². The molecular formula is C18H25N5O2. The Labute approximate surface area is 147 Å². The molecule has 3 N–H and O–H groups in total. The molecule has 1 aromatic carbocycles. The molecule has 1 aromatic heterocycles. The van der Waals surface area contributed by atoms with Crippen molar-refractivity contribution < 1.29 is 9.59 Å². The van der Waals surface area contributed by atoms with E-state index in [2.05, 4.69) is 31.6 Å². The summed E-state index contributed by atoms with van der Waals surface area (Å²) in [4.78, 5) is 28.4. The number of imidazole rings is 1. The SMILES string of the molecule is Cc1nc2ccccc2n1CCCNC(=O)NC1CCCCNC1=O. The van der Waals surface area contributed by atoms with Crippen LogP contribution in [-0.4, -0.2) is 40.6 Å². The Kier molecular flexibility index (Phi) is 5.53. The van der Waals surface area contributed by atoms with Crippen LogP contribution in [0.5, 0.6) is 0 Å². The lowest BCUT2D eigenvalue weighted by atomic mass is 10.1. The average Bonchev–Trinajstić information content (AvgIpc) is 2.78. The maximum atomic E-state index is 12.0. The number of benzene rings is 1. The van der Waals surface area contributed by atoms with E-state index < -0.39 is 6.04 Å². The molecule has 3 rings (SSSR count). The number of fused-ring (bicyclic) bond motifs is 1. The van der Waals surface area contributed by atoms with Gasteiger partial charge >= 0.3 is 6.03 Å². The zero-order valence-corrected chi connectivity index (χ0v) is 14.5. The normalized spacial score (nSPS) is 17.8. The minimum Gasteiger partial charge on any atom is -0.354 e. The van der Waals surface area contributed by atoms with Gasteiger partial charge in [-0.25, -0.2) is 9.78 Å². The van der Waals surface area contributed by atoms with Crippen molar-refractivity contribution in [3.8, 4) is 0 Å². The van der Waals surface area contributed by atoms with Crippen molar-refractivity contribution in [2.45, 2.75) is 45.2 Å². The lowest BCUT2D eigenvalue weighted by Gasteiger charge is -2.16. The summed E-state index contributed by atoms with van der Waals surface area (Å²) in [5, 5.41) is 8.42. The predicted octanol–water partition coefficient (Wildman–Crippen LogP) is 1.70. The van der Waals surface area contributed by atoms with E-state index in [4.69, 9.17) is 0 Å². The smallest absolute Gasteiger partial charge is 0.315 e. The minimum atomic E-state index is -0.428. The van der Waals surface area contributed by atoms with Crippen molar-refractivity contribution in [1.82, 2.24) is 25.5 Å². The van der Waals surface area contributed by atoms with Gasteiger partial charge in [0, 0.05) is 19.6 Å². The Balaban J connectivity index is 1.45. The molecule has 1 fully saturated rings. The Morgan fingerprint density at radius 2 is 2.20 bits per heavy atom. The lowest BCUT2D eigenvalue weighted by Crippen LogP contribution is -2.49. The molecule has 134 valence electrons. The highest BCUT2D eigenvalue weighted by Gasteiger charge is 2.21. The van der Waals surface area contributed by atoms with Crippen LogP contribution >= 0.6 is 0 Å². The number of nitrogens with zero attached hydrogens (tertiary/aromatic N) is 2. The summed E-state index contributed by atoms with van der Waals surface area (Å²) in [5.74, 6) is 0.883. The van der Waals surface area contributed by atoms with E-state index in [0.717, 1.165) is 42.7 Å². The summed E-state index contributed by atoms with van der Waals surface area (Å²) < 4.78 is 2.16. The highest BCUT2D eigenvalue weighted by Crippen LogP contribution is 2.15. The minimum absolute atomic E-state index is 0.0897. The average molecular weight is 343 g/mol. The molecule has 2 heterocycles. The molecular weight excluding hydrogens is 318 g/mol. The van der Waals surface area contributed by atoms with Gasteiger partial charge in [0.2, 0.25) is 5.91 Å². The number of aryl methyl sites for hydroxylation is 2. The Morgan fingerprint density at radius 3 is 3.08 bits per heavy atom. The third-order valence-electron chi connectivity index (χ3n) is 4.53. The number of hydrogen-bond donors (Lipinski definition) is 3. The highest BCUT2D eigenvalue weighted by molar-refractivity contribution is 5.87. The molecule has 0 spiro atoms. The van der Waals surface area contributed by atoms with Crippen molar-refractivity contribution in [3.63, 3.8) is 0 Å². The molecule has 0 aliphatic carbocycles. The number of para-hydroxylation sites is 2. The van der Waals surface area contributed by atoms with E-state index in [0.29, 0.717) is 19.5 Å². The number of aromatic nitrogens is 2. The van der Waals surface area contributed by atoms with Crippen molar-refractivity contribution >= 4 is 23.0 Å². The quantitative estimate of drug-likeness (QED) is 0.722. The second-order valence-corrected chi connectivity index (χ2v) is 6.39. The number of rotatable bonds is 5. The highest BCUT2D eigenvalue weighted by atomic mass is 16.2. The number of urea groups is 1. The van der Waals surface area contributed by atoms with Crippen molar-refractivity contribution in [3.05, 3.63) is 30.1 Å². The van der Waals surface area contributed by atoms with E-state index in [1.165, 1.54) is 0 Å². The van der Waals surface area contributed by atoms with Crippen LogP contribution in [0.3, 0.4) is 0 Å². The Bertz CT molecular complexity index is 755. The van der Waals surface area contributed by atoms with Crippen molar-refractivity contribution in [2.24, 2.45) is 0 Å². The molecule has 0 bridgehead atoms. The third kappa shape index (κ3) is 4.29. The predicted molar refractivity (Wildman–Crippen MR) is 96.3 cm³/mol. The number of carbonyl (C=O) groups excluding carboxylic acids is 2. The fourth-order valence-electron chi connectivity index (χ4n) is 3.20. The van der Waals surface area contributed by atoms with Crippen LogP contribution in [0.2, 0.25) is 0 Å². The maximum absolute atomic E-state index is 12.0. The maximum Gasteiger partial charge on any atom is 0.315 e. The third-order valence-corrected chi connectivity index (χ3v) is 4.53. The van der Waals surface area contributed by atoms with E-state index in [1.807, 2.05) is 25.1 Å². The summed E-state index contributed by atoms with van der Waals surface area (Å²) in [6, 6.07) is 7.33. The molecule has 7 heteroatoms. The number of carbonyl (C=O) groups is 2. The largest absolute Gasteiger partial charge is 0.354 e. The first-order valence-electron chi connectivity index (χ1n) is 8.89. The van der Waals surface area contributed by atoms with Gasteiger partial charge in [-0.2, -0.15) is 0 Å². The number of nitrogens with one attached hydrogen (secondary N) is 3. The second kappa shape index (κ2) is 8.00. The van der Waals surface area contributed by atoms with Gasteiger partial charge < -0.3 is 20.5 Å². The Hall–Kier alpha value is -2.57. The summed E-state index contributed by atoms with van der Waals surface area (Å²) >= 11 is 0. The molecule has 1 aliphatic rings. The molecule has 1 saturated heterocycles. The summed E-state index contributed by atoms with van der Waals surface area (Å²) in [7, 11) is 0. The molecule has 7 nitrogen and oxygen atoms in total. The number of amides is 3. The fourth-order valence-corrected chi connectivity index (χ4v) is 3.20. The lowest BCUT2D eigenvalue weighted by molar-refractivity contribution is -0.122. The van der Waals surface area contributed by atoms with E-state index >= 15 is 0 Å². The molecule has 1 unspecified atom stereocenters. The molecule has 0 saturated carbocycles. The molecule has 1 aliphatic heterocycles. The van der Waals surface area contributed by atoms with Crippen LogP contribution in [0.1, 0.15) is 31.5 Å². The Morgan fingerprint density at radius 1 is 1.36 bits per heavy atom. The van der Waals surface area contributed by atoms with Crippen LogP contribution in [0.15, 0.2) is 24.3 Å². The molecule has 2 aromatic rings. The zero-order chi connectivity index (χ0) is 17.6. The van der Waals surface area contributed by atoms with Gasteiger partial charge in [0.1, 0.15) is 11.9 Å². The first-order chi connectivity index (χ1) is 12.1. The van der Waals surface area contributed by atoms with Gasteiger partial charge in [0.25, 0.3) is 0 Å². The van der Waals surface area contributed by atoms with Crippen molar-refractivity contribution in [1.29, 1.82) is 0 Å². The summed E-state index contributed by atoms with van der Waals surface area (Å²) in [6.07, 6.45) is 3.39. The van der Waals surface area contributed by atoms with Gasteiger partial charge in [-0.15, -0.1) is 0 Å². The van der Waals surface area contributed by atoms with Gasteiger partial charge in [-0.1, -0.05) is 12.1 Å². The van der Waals surface area contributed by atoms with Gasteiger partial charge in [-0.05, 0) is 44.7 Å². The summed E-state index contributed by atoms with van der Waals surface area (Å²) in [6.45, 7) is 4.02. The first-order valence-corrected chi connectivity index (χ1v) is 8.89. The fraction of sp³-hybridized carbons (Fsp3) is 0.500. The monoisotopic (exact) mass is 343 g/mol. The van der Waals surface area contributed by atoms with E-state index in [1.54, 1.807) is 0 Å². The van der Waals surface area contributed by atoms with Crippen LogP contribution in [0.25, 0.3) is 11.0 Å². The van der Waals surface area contributed by atoms with Gasteiger partial charge in [0.15, 0.2) is 0 Å². The second-order valence-electron chi connectivity index (χ2n) is 6.39. The van der Waals surface area contributed by atoms with Gasteiger partial charge in [-0.3, -0.25) is 4.79 Å². The molecule has 3 amide bonds. The van der Waals surface area contributed by atoms with E-state index in [-0.39, 0.29) is 11.9 Å². The van der Waals surface area contributed by atoms with Gasteiger partial charge in [0.05, 0.1) is 11.0 Å². The topological polar surface area (TPSA) is 88.1 Å². The van der Waals surface area contributed by atoms with Crippen LogP contribution in [-0.2, 0) is 11.3 Å². The standard InChI is InChI=1S/C18H25N5O2/c1-13-21-14-7-2-3-9-16(14)23(13)12-6-11-20-18(25)22-15-8-4-5-10-19-17(15)24/h2-3,7,9,15H,4-6,8,10-12H2,1H3,(H,19,24)(H2,20,22,25). The summed E-state index contributed by atoms with van der Waals surface area (Å²) in [5.41, 5.74) is 2.10. The zero-order valence-electron chi connectivity index (χ0n) is 14.5.